The summed E-state index contributed by atoms with van der Waals surface area (Å²) in [5.74, 6) is -0.000667. The zero-order chi connectivity index (χ0) is 19.9. The van der Waals surface area contributed by atoms with Gasteiger partial charge in [0.05, 0.1) is 12.5 Å². The average molecular weight is 386 g/mol. The maximum Gasteiger partial charge on any atom is 0.237 e. The lowest BCUT2D eigenvalue weighted by atomic mass is 10.0. The zero-order valence-corrected chi connectivity index (χ0v) is 16.6. The topological polar surface area (TPSA) is 81.8 Å². The average Bonchev–Trinajstić information content (AvgIpc) is 3.08. The van der Waals surface area contributed by atoms with Gasteiger partial charge in [0.1, 0.15) is 0 Å². The fourth-order valence-electron chi connectivity index (χ4n) is 3.87. The minimum atomic E-state index is -0.450. The van der Waals surface area contributed by atoms with Crippen LogP contribution >= 0.6 is 0 Å². The van der Waals surface area contributed by atoms with Crippen molar-refractivity contribution in [3.8, 4) is 0 Å². The van der Waals surface area contributed by atoms with Crippen LogP contribution < -0.4 is 10.6 Å². The summed E-state index contributed by atoms with van der Waals surface area (Å²) in [6, 6.07) is 7.68. The van der Waals surface area contributed by atoms with Crippen molar-refractivity contribution in [2.75, 3.05) is 32.7 Å². The number of rotatable bonds is 8. The summed E-state index contributed by atoms with van der Waals surface area (Å²) in [6.07, 6.45) is 2.46. The van der Waals surface area contributed by atoms with Gasteiger partial charge in [0.15, 0.2) is 0 Å². The Morgan fingerprint density at radius 1 is 1.25 bits per heavy atom. The summed E-state index contributed by atoms with van der Waals surface area (Å²) in [4.78, 5) is 40.3. The lowest BCUT2D eigenvalue weighted by Gasteiger charge is -2.35. The molecule has 1 aromatic rings. The number of carbonyl (C=O) groups excluding carboxylic acids is 3. The fraction of sp³-hybridized carbons (Fsp3) is 0.571. The third-order valence-electron chi connectivity index (χ3n) is 5.55. The molecule has 0 aromatic heterocycles. The summed E-state index contributed by atoms with van der Waals surface area (Å²) >= 11 is 0. The third-order valence-corrected chi connectivity index (χ3v) is 5.55. The summed E-state index contributed by atoms with van der Waals surface area (Å²) in [5.41, 5.74) is 2.37. The Kier molecular flexibility index (Phi) is 7.03. The number of nitrogens with one attached hydrogen (secondary N) is 2. The Morgan fingerprint density at radius 3 is 2.82 bits per heavy atom. The molecule has 0 aliphatic carbocycles. The van der Waals surface area contributed by atoms with Gasteiger partial charge in [-0.25, -0.2) is 0 Å². The van der Waals surface area contributed by atoms with E-state index in [9.17, 15) is 14.4 Å². The molecule has 0 spiro atoms. The number of piperazine rings is 1. The molecule has 1 atom stereocenters. The number of hydrogen-bond donors (Lipinski definition) is 2. The van der Waals surface area contributed by atoms with Crippen LogP contribution in [-0.2, 0) is 20.9 Å². The monoisotopic (exact) mass is 386 g/mol. The molecule has 7 heteroatoms. The van der Waals surface area contributed by atoms with E-state index in [2.05, 4.69) is 34.6 Å². The predicted octanol–water partition coefficient (Wildman–Crippen LogP) is 0.814. The molecule has 2 fully saturated rings. The van der Waals surface area contributed by atoms with Crippen molar-refractivity contribution in [1.82, 2.24) is 20.4 Å². The Hall–Kier alpha value is -2.41. The van der Waals surface area contributed by atoms with Crippen molar-refractivity contribution in [3.05, 3.63) is 35.4 Å². The Morgan fingerprint density at radius 2 is 2.07 bits per heavy atom. The van der Waals surface area contributed by atoms with Crippen LogP contribution in [0, 0.1) is 6.92 Å². The number of hydrogen-bond acceptors (Lipinski definition) is 4. The van der Waals surface area contributed by atoms with Gasteiger partial charge < -0.3 is 15.5 Å². The molecular weight excluding hydrogens is 356 g/mol. The molecule has 2 saturated heterocycles. The molecule has 2 aliphatic heterocycles. The number of likely N-dealkylation sites (tertiary alicyclic amines) is 1. The van der Waals surface area contributed by atoms with E-state index in [0.717, 1.165) is 25.9 Å². The third kappa shape index (κ3) is 5.32. The highest BCUT2D eigenvalue weighted by Crippen LogP contribution is 2.16. The summed E-state index contributed by atoms with van der Waals surface area (Å²) in [6.45, 7) is 6.09. The van der Waals surface area contributed by atoms with E-state index in [-0.39, 0.29) is 24.1 Å². The highest BCUT2D eigenvalue weighted by atomic mass is 16.2. The highest BCUT2D eigenvalue weighted by molar-refractivity contribution is 5.88. The molecule has 1 aromatic carbocycles. The largest absolute Gasteiger partial charge is 0.356 e. The molecule has 152 valence electrons. The van der Waals surface area contributed by atoms with E-state index >= 15 is 0 Å². The van der Waals surface area contributed by atoms with Gasteiger partial charge in [0, 0.05) is 45.7 Å². The van der Waals surface area contributed by atoms with Gasteiger partial charge in [-0.1, -0.05) is 24.3 Å². The van der Waals surface area contributed by atoms with Gasteiger partial charge in [-0.15, -0.1) is 0 Å². The van der Waals surface area contributed by atoms with Crippen LogP contribution in [0.2, 0.25) is 0 Å². The molecule has 0 radical (unpaired) electrons. The molecule has 0 saturated carbocycles. The second-order valence-electron chi connectivity index (χ2n) is 7.60. The van der Waals surface area contributed by atoms with Gasteiger partial charge in [-0.05, 0) is 30.9 Å². The van der Waals surface area contributed by atoms with Crippen molar-refractivity contribution in [2.45, 2.75) is 45.2 Å². The Bertz CT molecular complexity index is 721. The number of aryl methyl sites for hydroxylation is 1. The van der Waals surface area contributed by atoms with E-state index in [0.29, 0.717) is 32.6 Å². The number of nitrogens with zero attached hydrogens (tertiary/aromatic N) is 2. The van der Waals surface area contributed by atoms with Crippen LogP contribution in [0.3, 0.4) is 0 Å². The Labute approximate surface area is 166 Å². The summed E-state index contributed by atoms with van der Waals surface area (Å²) in [7, 11) is 0. The second-order valence-corrected chi connectivity index (χ2v) is 7.60. The van der Waals surface area contributed by atoms with Crippen LogP contribution in [0.4, 0.5) is 0 Å². The van der Waals surface area contributed by atoms with Gasteiger partial charge in [-0.2, -0.15) is 0 Å². The van der Waals surface area contributed by atoms with Crippen LogP contribution in [0.25, 0.3) is 0 Å². The molecular formula is C21H30N4O3. The first-order valence-electron chi connectivity index (χ1n) is 10.2. The van der Waals surface area contributed by atoms with E-state index in [1.165, 1.54) is 11.1 Å². The molecule has 3 rings (SSSR count). The normalized spacial score (nSPS) is 20.3. The first kappa shape index (κ1) is 20.3. The number of amides is 3. The minimum Gasteiger partial charge on any atom is -0.356 e. The number of benzene rings is 1. The molecule has 2 heterocycles. The maximum atomic E-state index is 12.4. The highest BCUT2D eigenvalue weighted by Gasteiger charge is 2.31. The smallest absolute Gasteiger partial charge is 0.237 e. The molecule has 2 aliphatic rings. The van der Waals surface area contributed by atoms with E-state index in [1.807, 2.05) is 17.0 Å². The number of carbonyl (C=O) groups is 3. The van der Waals surface area contributed by atoms with Crippen LogP contribution in [0.1, 0.15) is 36.8 Å². The van der Waals surface area contributed by atoms with Crippen molar-refractivity contribution in [1.29, 1.82) is 0 Å². The first-order chi connectivity index (χ1) is 13.5. The molecule has 0 bridgehead atoms. The predicted molar refractivity (Wildman–Crippen MR) is 106 cm³/mol. The maximum absolute atomic E-state index is 12.4. The van der Waals surface area contributed by atoms with Crippen LogP contribution in [0.5, 0.6) is 0 Å². The first-order valence-corrected chi connectivity index (χ1v) is 10.2. The van der Waals surface area contributed by atoms with Crippen molar-refractivity contribution >= 4 is 17.7 Å². The van der Waals surface area contributed by atoms with Crippen LogP contribution in [-0.4, -0.2) is 66.3 Å². The van der Waals surface area contributed by atoms with Gasteiger partial charge >= 0.3 is 0 Å². The Balaban J connectivity index is 1.48. The zero-order valence-electron chi connectivity index (χ0n) is 16.6. The lowest BCUT2D eigenvalue weighted by Crippen LogP contribution is -2.56. The quantitative estimate of drug-likeness (QED) is 0.648. The summed E-state index contributed by atoms with van der Waals surface area (Å²) in [5, 5.41) is 5.77. The van der Waals surface area contributed by atoms with Crippen molar-refractivity contribution < 1.29 is 14.4 Å². The lowest BCUT2D eigenvalue weighted by molar-refractivity contribution is -0.134. The molecule has 2 N–H and O–H groups in total. The second kappa shape index (κ2) is 9.68. The van der Waals surface area contributed by atoms with Gasteiger partial charge in [-0.3, -0.25) is 19.3 Å². The van der Waals surface area contributed by atoms with Crippen LogP contribution in [0.15, 0.2) is 24.3 Å². The SMILES string of the molecule is Cc1ccccc1CN1CCNC(=O)[C@H]1CC(=O)NCCCN1CCCC1=O. The van der Waals surface area contributed by atoms with Gasteiger partial charge in [0.25, 0.3) is 0 Å². The van der Waals surface area contributed by atoms with Gasteiger partial charge in [0.2, 0.25) is 17.7 Å². The standard InChI is InChI=1S/C21H30N4O3/c1-16-6-2-3-7-17(16)15-25-13-10-23-21(28)18(25)14-19(26)22-9-5-12-24-11-4-8-20(24)27/h2-3,6-7,18H,4-5,8-15H2,1H3,(H,22,26)(H,23,28)/t18-/m1/s1. The molecule has 7 nitrogen and oxygen atoms in total. The van der Waals surface area contributed by atoms with E-state index < -0.39 is 6.04 Å². The van der Waals surface area contributed by atoms with Crippen molar-refractivity contribution in [2.24, 2.45) is 0 Å². The van der Waals surface area contributed by atoms with E-state index in [1.54, 1.807) is 0 Å². The summed E-state index contributed by atoms with van der Waals surface area (Å²) < 4.78 is 0. The van der Waals surface area contributed by atoms with Crippen molar-refractivity contribution in [3.63, 3.8) is 0 Å². The molecule has 3 amide bonds. The van der Waals surface area contributed by atoms with E-state index in [4.69, 9.17) is 0 Å². The molecule has 0 unspecified atom stereocenters. The molecule has 28 heavy (non-hydrogen) atoms. The fourth-order valence-corrected chi connectivity index (χ4v) is 3.87. The minimum absolute atomic E-state index is 0.0855.